The Kier molecular flexibility index (Phi) is 10.3. The van der Waals surface area contributed by atoms with Gasteiger partial charge in [0.05, 0.1) is 31.0 Å². The summed E-state index contributed by atoms with van der Waals surface area (Å²) in [5.41, 5.74) is 1.99. The highest BCUT2D eigenvalue weighted by atomic mass is 16.5. The summed E-state index contributed by atoms with van der Waals surface area (Å²) in [4.78, 5) is 30.6. The first-order valence-corrected chi connectivity index (χ1v) is 14.4. The van der Waals surface area contributed by atoms with Crippen molar-refractivity contribution in [2.24, 2.45) is 5.92 Å². The topological polar surface area (TPSA) is 103 Å². The number of benzene rings is 2. The molecular weight excluding hydrogens is 508 g/mol. The molecule has 40 heavy (non-hydrogen) atoms. The van der Waals surface area contributed by atoms with Gasteiger partial charge in [-0.05, 0) is 56.6 Å². The van der Waals surface area contributed by atoms with Crippen molar-refractivity contribution in [1.82, 2.24) is 15.1 Å². The molecule has 1 aliphatic heterocycles. The fourth-order valence-corrected chi connectivity index (χ4v) is 5.56. The second kappa shape index (κ2) is 13.9. The highest BCUT2D eigenvalue weighted by molar-refractivity contribution is 6.01. The predicted molar refractivity (Wildman–Crippen MR) is 156 cm³/mol. The standard InChI is InChI=1S/C31H44N4O5/c1-21-17-35(22(2)20-36)30(37)26-11-8-12-27(33-31(38)32-24-9-6-5-7-10-24)29(26)40-28(21)19-34(3)18-23-13-15-25(39-4)16-14-23/h8,11-16,21-22,24,28,36H,5-7,9-10,17-20H2,1-4H3,(H2,32,33,38)/t21-,22+,28+/m0/s1. The van der Waals surface area contributed by atoms with E-state index in [4.69, 9.17) is 9.47 Å². The van der Waals surface area contributed by atoms with E-state index < -0.39 is 0 Å². The maximum atomic E-state index is 13.7. The summed E-state index contributed by atoms with van der Waals surface area (Å²) >= 11 is 0. The molecule has 2 aromatic rings. The highest BCUT2D eigenvalue weighted by Gasteiger charge is 2.34. The Morgan fingerprint density at radius 3 is 2.58 bits per heavy atom. The number of likely N-dealkylation sites (N-methyl/N-ethyl adjacent to an activating group) is 1. The number of methoxy groups -OCH3 is 1. The molecule has 9 heteroatoms. The fourth-order valence-electron chi connectivity index (χ4n) is 5.56. The molecule has 2 aromatic carbocycles. The van der Waals surface area contributed by atoms with Crippen LogP contribution in [0.3, 0.4) is 0 Å². The summed E-state index contributed by atoms with van der Waals surface area (Å²) in [5, 5.41) is 16.0. The fraction of sp³-hybridized carbons (Fsp3) is 0.548. The third-order valence-corrected chi connectivity index (χ3v) is 7.98. The van der Waals surface area contributed by atoms with E-state index in [1.807, 2.05) is 38.2 Å². The van der Waals surface area contributed by atoms with Gasteiger partial charge in [0.1, 0.15) is 11.9 Å². The first-order chi connectivity index (χ1) is 19.3. The molecular formula is C31H44N4O5. The van der Waals surface area contributed by atoms with Crippen LogP contribution < -0.4 is 20.1 Å². The lowest BCUT2D eigenvalue weighted by Crippen LogP contribution is -2.50. The Hall–Kier alpha value is -3.30. The maximum Gasteiger partial charge on any atom is 0.319 e. The van der Waals surface area contributed by atoms with E-state index >= 15 is 0 Å². The monoisotopic (exact) mass is 552 g/mol. The van der Waals surface area contributed by atoms with E-state index in [1.54, 1.807) is 30.2 Å². The minimum absolute atomic E-state index is 0.0338. The van der Waals surface area contributed by atoms with Crippen molar-refractivity contribution < 1.29 is 24.2 Å². The molecule has 1 saturated carbocycles. The normalized spacial score (nSPS) is 20.6. The second-order valence-electron chi connectivity index (χ2n) is 11.3. The van der Waals surface area contributed by atoms with Crippen LogP contribution in [0.4, 0.5) is 10.5 Å². The van der Waals surface area contributed by atoms with Gasteiger partial charge in [-0.15, -0.1) is 0 Å². The molecule has 3 amide bonds. The second-order valence-corrected chi connectivity index (χ2v) is 11.3. The SMILES string of the molecule is COc1ccc(CN(C)C[C@H]2Oc3c(NC(=O)NC4CCCCC4)cccc3C(=O)N([C@H](C)CO)C[C@@H]2C)cc1. The summed E-state index contributed by atoms with van der Waals surface area (Å²) in [7, 11) is 3.70. The Morgan fingerprint density at radius 2 is 1.90 bits per heavy atom. The molecule has 3 atom stereocenters. The average molecular weight is 553 g/mol. The first-order valence-electron chi connectivity index (χ1n) is 14.4. The molecule has 4 rings (SSSR count). The highest BCUT2D eigenvalue weighted by Crippen LogP contribution is 2.35. The average Bonchev–Trinajstić information content (AvgIpc) is 2.95. The number of nitrogens with zero attached hydrogens (tertiary/aromatic N) is 2. The number of hydrogen-bond donors (Lipinski definition) is 3. The van der Waals surface area contributed by atoms with Crippen LogP contribution >= 0.6 is 0 Å². The lowest BCUT2D eigenvalue weighted by molar-refractivity contribution is 0.0343. The number of para-hydroxylation sites is 1. The van der Waals surface area contributed by atoms with Crippen LogP contribution in [0.25, 0.3) is 0 Å². The molecule has 2 aliphatic rings. The van der Waals surface area contributed by atoms with E-state index in [2.05, 4.69) is 22.5 Å². The van der Waals surface area contributed by atoms with E-state index in [-0.39, 0.29) is 42.7 Å². The zero-order valence-corrected chi connectivity index (χ0v) is 24.2. The van der Waals surface area contributed by atoms with Gasteiger partial charge in [-0.1, -0.05) is 44.4 Å². The lowest BCUT2D eigenvalue weighted by Gasteiger charge is -2.38. The van der Waals surface area contributed by atoms with Crippen molar-refractivity contribution in [1.29, 1.82) is 0 Å². The van der Waals surface area contributed by atoms with Crippen LogP contribution in [-0.4, -0.2) is 78.9 Å². The van der Waals surface area contributed by atoms with Gasteiger partial charge in [-0.2, -0.15) is 0 Å². The van der Waals surface area contributed by atoms with Crippen LogP contribution in [0.15, 0.2) is 42.5 Å². The molecule has 3 N–H and O–H groups in total. The number of urea groups is 1. The summed E-state index contributed by atoms with van der Waals surface area (Å²) in [5.74, 6) is 0.935. The molecule has 218 valence electrons. The van der Waals surface area contributed by atoms with Crippen molar-refractivity contribution in [2.45, 2.75) is 70.7 Å². The van der Waals surface area contributed by atoms with Gasteiger partial charge in [0.15, 0.2) is 5.75 Å². The Labute approximate surface area is 237 Å². The van der Waals surface area contributed by atoms with Gasteiger partial charge in [-0.3, -0.25) is 9.69 Å². The van der Waals surface area contributed by atoms with Gasteiger partial charge in [0.25, 0.3) is 5.91 Å². The summed E-state index contributed by atoms with van der Waals surface area (Å²) < 4.78 is 11.9. The molecule has 1 fully saturated rings. The lowest BCUT2D eigenvalue weighted by atomic mass is 9.96. The van der Waals surface area contributed by atoms with Crippen LogP contribution in [0.2, 0.25) is 0 Å². The minimum atomic E-state index is -0.357. The van der Waals surface area contributed by atoms with Crippen molar-refractivity contribution >= 4 is 17.6 Å². The number of ether oxygens (including phenoxy) is 2. The molecule has 0 aromatic heterocycles. The molecule has 0 saturated heterocycles. The number of nitrogens with one attached hydrogen (secondary N) is 2. The zero-order chi connectivity index (χ0) is 28.6. The summed E-state index contributed by atoms with van der Waals surface area (Å²) in [6.07, 6.45) is 5.12. The van der Waals surface area contributed by atoms with Crippen LogP contribution in [-0.2, 0) is 6.54 Å². The van der Waals surface area contributed by atoms with Crippen LogP contribution in [0.1, 0.15) is 61.9 Å². The molecule has 0 radical (unpaired) electrons. The molecule has 0 spiro atoms. The molecule has 1 aliphatic carbocycles. The number of rotatable bonds is 9. The van der Waals surface area contributed by atoms with Gasteiger partial charge in [0.2, 0.25) is 0 Å². The number of amides is 3. The molecule has 1 heterocycles. The maximum absolute atomic E-state index is 13.7. The van der Waals surface area contributed by atoms with Crippen molar-refractivity contribution in [2.75, 3.05) is 39.2 Å². The van der Waals surface area contributed by atoms with Crippen molar-refractivity contribution in [3.8, 4) is 11.5 Å². The molecule has 0 unspecified atom stereocenters. The molecule has 0 bridgehead atoms. The third-order valence-electron chi connectivity index (χ3n) is 7.98. The van der Waals surface area contributed by atoms with Gasteiger partial charge >= 0.3 is 6.03 Å². The van der Waals surface area contributed by atoms with Crippen LogP contribution in [0, 0.1) is 5.92 Å². The van der Waals surface area contributed by atoms with Gasteiger partial charge < -0.3 is 30.1 Å². The van der Waals surface area contributed by atoms with Crippen LogP contribution in [0.5, 0.6) is 11.5 Å². The zero-order valence-electron chi connectivity index (χ0n) is 24.2. The van der Waals surface area contributed by atoms with Gasteiger partial charge in [0, 0.05) is 31.6 Å². The Bertz CT molecular complexity index is 1140. The number of aliphatic hydroxyl groups excluding tert-OH is 1. The quantitative estimate of drug-likeness (QED) is 0.423. The van der Waals surface area contributed by atoms with E-state index in [0.717, 1.165) is 37.0 Å². The van der Waals surface area contributed by atoms with Crippen molar-refractivity contribution in [3.05, 3.63) is 53.6 Å². The number of carbonyl (C=O) groups excluding carboxylic acids is 2. The largest absolute Gasteiger partial charge is 0.497 e. The van der Waals surface area contributed by atoms with Gasteiger partial charge in [-0.25, -0.2) is 4.79 Å². The number of carbonyl (C=O) groups is 2. The number of hydrogen-bond acceptors (Lipinski definition) is 6. The Balaban J connectivity index is 1.58. The third kappa shape index (κ3) is 7.46. The molecule has 9 nitrogen and oxygen atoms in total. The van der Waals surface area contributed by atoms with Crippen molar-refractivity contribution in [3.63, 3.8) is 0 Å². The van der Waals surface area contributed by atoms with E-state index in [9.17, 15) is 14.7 Å². The van der Waals surface area contributed by atoms with E-state index in [0.29, 0.717) is 36.6 Å². The predicted octanol–water partition coefficient (Wildman–Crippen LogP) is 4.50. The first kappa shape index (κ1) is 29.7. The Morgan fingerprint density at radius 1 is 1.18 bits per heavy atom. The number of anilines is 1. The summed E-state index contributed by atoms with van der Waals surface area (Å²) in [6.45, 7) is 5.53. The number of aliphatic hydroxyl groups is 1. The number of fused-ring (bicyclic) bond motifs is 1. The minimum Gasteiger partial charge on any atom is -0.497 e. The summed E-state index contributed by atoms with van der Waals surface area (Å²) in [6, 6.07) is 12.8. The smallest absolute Gasteiger partial charge is 0.319 e. The van der Waals surface area contributed by atoms with E-state index in [1.165, 1.54) is 6.42 Å².